The van der Waals surface area contributed by atoms with Crippen molar-refractivity contribution in [3.05, 3.63) is 46.8 Å². The molecule has 4 heteroatoms. The Bertz CT molecular complexity index is 591. The second-order valence-electron chi connectivity index (χ2n) is 5.49. The molecule has 106 valence electrons. The maximum Gasteiger partial charge on any atom is 0.124 e. The van der Waals surface area contributed by atoms with Gasteiger partial charge in [0.1, 0.15) is 5.75 Å². The van der Waals surface area contributed by atoms with Crippen LogP contribution >= 0.6 is 0 Å². The van der Waals surface area contributed by atoms with Crippen LogP contribution in [0.4, 0.5) is 0 Å². The number of nitrogens with zero attached hydrogens (tertiary/aromatic N) is 1. The van der Waals surface area contributed by atoms with Crippen molar-refractivity contribution < 1.29 is 4.74 Å². The fraction of sp³-hybridized carbons (Fsp3) is 0.438. The Hall–Kier alpha value is -1.81. The molecule has 0 radical (unpaired) electrons. The molecule has 2 N–H and O–H groups in total. The average Bonchev–Trinajstić information content (AvgIpc) is 2.73. The Labute approximate surface area is 119 Å². The maximum atomic E-state index is 5.86. The van der Waals surface area contributed by atoms with Gasteiger partial charge in [0, 0.05) is 29.4 Å². The molecule has 4 nitrogen and oxygen atoms in total. The molecule has 3 rings (SSSR count). The molecule has 2 aromatic rings. The highest BCUT2D eigenvalue weighted by Crippen LogP contribution is 2.32. The van der Waals surface area contributed by atoms with E-state index in [1.807, 2.05) is 6.20 Å². The second-order valence-corrected chi connectivity index (χ2v) is 5.49. The number of rotatable bonds is 3. The SMILES string of the molecule is Cc1ccc2c(c1)OCCC[C@H]2NCc1cn[nH]c1C. The first-order valence-corrected chi connectivity index (χ1v) is 7.19. The summed E-state index contributed by atoms with van der Waals surface area (Å²) in [5.41, 5.74) is 4.87. The van der Waals surface area contributed by atoms with Gasteiger partial charge in [-0.05, 0) is 38.3 Å². The van der Waals surface area contributed by atoms with Gasteiger partial charge in [0.15, 0.2) is 0 Å². The standard InChI is InChI=1S/C16H21N3O/c1-11-5-6-14-15(4-3-7-20-16(14)8-11)17-9-13-10-18-19-12(13)2/h5-6,8,10,15,17H,3-4,7,9H2,1-2H3,(H,18,19)/t15-/m1/s1. The van der Waals surface area contributed by atoms with Gasteiger partial charge in [-0.3, -0.25) is 5.10 Å². The van der Waals surface area contributed by atoms with Crippen molar-refractivity contribution in [2.75, 3.05) is 6.61 Å². The molecule has 1 aliphatic heterocycles. The summed E-state index contributed by atoms with van der Waals surface area (Å²) in [4.78, 5) is 0. The number of benzene rings is 1. The molecular formula is C16H21N3O. The largest absolute Gasteiger partial charge is 0.493 e. The number of fused-ring (bicyclic) bond motifs is 1. The Balaban J connectivity index is 1.78. The number of aryl methyl sites for hydroxylation is 2. The Kier molecular flexibility index (Phi) is 3.74. The van der Waals surface area contributed by atoms with E-state index in [1.54, 1.807) is 0 Å². The molecule has 1 atom stereocenters. The molecule has 0 saturated carbocycles. The van der Waals surface area contributed by atoms with Crippen LogP contribution < -0.4 is 10.1 Å². The van der Waals surface area contributed by atoms with Gasteiger partial charge in [-0.25, -0.2) is 0 Å². The zero-order valence-corrected chi connectivity index (χ0v) is 12.1. The second kappa shape index (κ2) is 5.67. The van der Waals surface area contributed by atoms with Gasteiger partial charge in [0.2, 0.25) is 0 Å². The van der Waals surface area contributed by atoms with E-state index in [1.165, 1.54) is 16.7 Å². The third-order valence-corrected chi connectivity index (χ3v) is 3.91. The van der Waals surface area contributed by atoms with E-state index in [9.17, 15) is 0 Å². The molecule has 20 heavy (non-hydrogen) atoms. The van der Waals surface area contributed by atoms with Crippen LogP contribution in [0, 0.1) is 13.8 Å². The first-order valence-electron chi connectivity index (χ1n) is 7.19. The third-order valence-electron chi connectivity index (χ3n) is 3.91. The topological polar surface area (TPSA) is 49.9 Å². The minimum absolute atomic E-state index is 0.349. The Morgan fingerprint density at radius 1 is 1.40 bits per heavy atom. The Morgan fingerprint density at radius 3 is 3.10 bits per heavy atom. The average molecular weight is 271 g/mol. The number of H-pyrrole nitrogens is 1. The number of hydrogen-bond donors (Lipinski definition) is 2. The maximum absolute atomic E-state index is 5.86. The molecule has 0 spiro atoms. The molecule has 0 saturated heterocycles. The van der Waals surface area contributed by atoms with E-state index in [0.717, 1.165) is 37.4 Å². The number of nitrogens with one attached hydrogen (secondary N) is 2. The molecule has 0 bridgehead atoms. The zero-order valence-electron chi connectivity index (χ0n) is 12.1. The number of aromatic nitrogens is 2. The van der Waals surface area contributed by atoms with Gasteiger partial charge in [-0.2, -0.15) is 5.10 Å². The highest BCUT2D eigenvalue weighted by Gasteiger charge is 2.19. The predicted molar refractivity (Wildman–Crippen MR) is 78.8 cm³/mol. The lowest BCUT2D eigenvalue weighted by atomic mass is 10.0. The molecule has 1 aromatic carbocycles. The van der Waals surface area contributed by atoms with Crippen LogP contribution in [-0.4, -0.2) is 16.8 Å². The zero-order chi connectivity index (χ0) is 13.9. The first-order chi connectivity index (χ1) is 9.74. The van der Waals surface area contributed by atoms with Crippen molar-refractivity contribution in [2.24, 2.45) is 0 Å². The van der Waals surface area contributed by atoms with Crippen molar-refractivity contribution >= 4 is 0 Å². The third kappa shape index (κ3) is 2.70. The monoisotopic (exact) mass is 271 g/mol. The summed E-state index contributed by atoms with van der Waals surface area (Å²) in [6.07, 6.45) is 4.08. The van der Waals surface area contributed by atoms with E-state index in [-0.39, 0.29) is 0 Å². The van der Waals surface area contributed by atoms with E-state index < -0.39 is 0 Å². The highest BCUT2D eigenvalue weighted by molar-refractivity contribution is 5.40. The summed E-state index contributed by atoms with van der Waals surface area (Å²) in [5.74, 6) is 1.03. The van der Waals surface area contributed by atoms with E-state index in [2.05, 4.69) is 47.6 Å². The predicted octanol–water partition coefficient (Wildman–Crippen LogP) is 3.03. The molecule has 0 unspecified atom stereocenters. The fourth-order valence-corrected chi connectivity index (χ4v) is 2.68. The smallest absolute Gasteiger partial charge is 0.124 e. The van der Waals surface area contributed by atoms with Crippen LogP contribution in [-0.2, 0) is 6.54 Å². The van der Waals surface area contributed by atoms with Gasteiger partial charge in [0.25, 0.3) is 0 Å². The Morgan fingerprint density at radius 2 is 2.30 bits per heavy atom. The first kappa shape index (κ1) is 13.2. The number of hydrogen-bond acceptors (Lipinski definition) is 3. The summed E-state index contributed by atoms with van der Waals surface area (Å²) < 4.78 is 5.86. The van der Waals surface area contributed by atoms with Crippen LogP contribution in [0.2, 0.25) is 0 Å². The van der Waals surface area contributed by atoms with Crippen LogP contribution in [0.25, 0.3) is 0 Å². The molecule has 1 aromatic heterocycles. The highest BCUT2D eigenvalue weighted by atomic mass is 16.5. The summed E-state index contributed by atoms with van der Waals surface area (Å²) in [5, 5.41) is 10.7. The van der Waals surface area contributed by atoms with Crippen LogP contribution in [0.15, 0.2) is 24.4 Å². The van der Waals surface area contributed by atoms with E-state index >= 15 is 0 Å². The lowest BCUT2D eigenvalue weighted by Crippen LogP contribution is -2.20. The summed E-state index contributed by atoms with van der Waals surface area (Å²) >= 11 is 0. The lowest BCUT2D eigenvalue weighted by molar-refractivity contribution is 0.315. The van der Waals surface area contributed by atoms with Crippen molar-refractivity contribution in [1.29, 1.82) is 0 Å². The van der Waals surface area contributed by atoms with Crippen molar-refractivity contribution in [3.8, 4) is 5.75 Å². The summed E-state index contributed by atoms with van der Waals surface area (Å²) in [7, 11) is 0. The van der Waals surface area contributed by atoms with Crippen LogP contribution in [0.1, 0.15) is 41.3 Å². The molecule has 0 amide bonds. The number of aromatic amines is 1. The molecule has 2 heterocycles. The van der Waals surface area contributed by atoms with Gasteiger partial charge in [-0.15, -0.1) is 0 Å². The van der Waals surface area contributed by atoms with Gasteiger partial charge >= 0.3 is 0 Å². The van der Waals surface area contributed by atoms with Gasteiger partial charge in [-0.1, -0.05) is 12.1 Å². The molecule has 0 aliphatic carbocycles. The van der Waals surface area contributed by atoms with Crippen molar-refractivity contribution in [3.63, 3.8) is 0 Å². The quantitative estimate of drug-likeness (QED) is 0.902. The van der Waals surface area contributed by atoms with E-state index in [0.29, 0.717) is 6.04 Å². The lowest BCUT2D eigenvalue weighted by Gasteiger charge is -2.18. The number of ether oxygens (including phenoxy) is 1. The molecule has 0 fully saturated rings. The van der Waals surface area contributed by atoms with Gasteiger partial charge < -0.3 is 10.1 Å². The molecular weight excluding hydrogens is 250 g/mol. The summed E-state index contributed by atoms with van der Waals surface area (Å²) in [6.45, 7) is 5.79. The molecule has 1 aliphatic rings. The fourth-order valence-electron chi connectivity index (χ4n) is 2.68. The minimum atomic E-state index is 0.349. The van der Waals surface area contributed by atoms with Crippen LogP contribution in [0.3, 0.4) is 0 Å². The van der Waals surface area contributed by atoms with Crippen LogP contribution in [0.5, 0.6) is 5.75 Å². The van der Waals surface area contributed by atoms with E-state index in [4.69, 9.17) is 4.74 Å². The van der Waals surface area contributed by atoms with Crippen molar-refractivity contribution in [1.82, 2.24) is 15.5 Å². The van der Waals surface area contributed by atoms with Gasteiger partial charge in [0.05, 0.1) is 12.8 Å². The minimum Gasteiger partial charge on any atom is -0.493 e. The van der Waals surface area contributed by atoms with Crippen molar-refractivity contribution in [2.45, 2.75) is 39.3 Å². The normalized spacial score (nSPS) is 18.2. The summed E-state index contributed by atoms with van der Waals surface area (Å²) in [6, 6.07) is 6.84.